The highest BCUT2D eigenvalue weighted by molar-refractivity contribution is 6.30. The molecule has 1 saturated heterocycles. The van der Waals surface area contributed by atoms with Crippen LogP contribution >= 0.6 is 11.6 Å². The van der Waals surface area contributed by atoms with E-state index in [0.717, 1.165) is 39.6 Å². The molecule has 0 radical (unpaired) electrons. The number of hydrogen-bond donors (Lipinski definition) is 0. The van der Waals surface area contributed by atoms with Gasteiger partial charge in [0.15, 0.2) is 0 Å². The Kier molecular flexibility index (Phi) is 4.98. The fourth-order valence-corrected chi connectivity index (χ4v) is 3.83. The van der Waals surface area contributed by atoms with Gasteiger partial charge in [0.05, 0.1) is 0 Å². The lowest BCUT2D eigenvalue weighted by molar-refractivity contribution is 0.309. The van der Waals surface area contributed by atoms with Crippen LogP contribution in [0.1, 0.15) is 31.7 Å². The molecule has 4 rings (SSSR count). The van der Waals surface area contributed by atoms with Crippen LogP contribution < -0.4 is 9.64 Å². The van der Waals surface area contributed by atoms with E-state index in [2.05, 4.69) is 30.0 Å². The third-order valence-corrected chi connectivity index (χ3v) is 5.28. The molecule has 2 aromatic carbocycles. The van der Waals surface area contributed by atoms with Crippen molar-refractivity contribution in [2.24, 2.45) is 0 Å². The summed E-state index contributed by atoms with van der Waals surface area (Å²) in [5, 5.41) is 1.82. The van der Waals surface area contributed by atoms with Crippen LogP contribution in [0.3, 0.4) is 0 Å². The summed E-state index contributed by atoms with van der Waals surface area (Å²) in [5.41, 5.74) is 1.97. The number of hydrogen-bond acceptors (Lipinski definition) is 3. The molecule has 3 aromatic rings. The highest BCUT2D eigenvalue weighted by Gasteiger charge is 2.20. The number of fused-ring (bicyclic) bond motifs is 1. The van der Waals surface area contributed by atoms with Gasteiger partial charge in [0.1, 0.15) is 23.7 Å². The number of piperidine rings is 1. The minimum atomic E-state index is 0.478. The van der Waals surface area contributed by atoms with Crippen LogP contribution in [-0.4, -0.2) is 17.6 Å². The van der Waals surface area contributed by atoms with Crippen LogP contribution in [0.15, 0.2) is 54.6 Å². The van der Waals surface area contributed by atoms with Crippen molar-refractivity contribution in [2.75, 3.05) is 11.4 Å². The van der Waals surface area contributed by atoms with Gasteiger partial charge in [-0.15, -0.1) is 0 Å². The molecule has 4 heteroatoms. The summed E-state index contributed by atoms with van der Waals surface area (Å²) in [6, 6.07) is 18.7. The van der Waals surface area contributed by atoms with E-state index in [-0.39, 0.29) is 0 Å². The van der Waals surface area contributed by atoms with Gasteiger partial charge in [0.2, 0.25) is 0 Å². The molecule has 3 nitrogen and oxygen atoms in total. The summed E-state index contributed by atoms with van der Waals surface area (Å²) < 4.78 is 6.09. The van der Waals surface area contributed by atoms with Crippen molar-refractivity contribution in [1.82, 2.24) is 4.98 Å². The number of aromatic nitrogens is 1. The van der Waals surface area contributed by atoms with Crippen molar-refractivity contribution < 1.29 is 4.74 Å². The largest absolute Gasteiger partial charge is 0.487 e. The van der Waals surface area contributed by atoms with E-state index in [1.807, 2.05) is 36.4 Å². The normalized spacial score (nSPS) is 17.5. The van der Waals surface area contributed by atoms with E-state index >= 15 is 0 Å². The molecule has 1 aliphatic heterocycles. The molecule has 0 N–H and O–H groups in total. The van der Waals surface area contributed by atoms with E-state index in [4.69, 9.17) is 21.3 Å². The van der Waals surface area contributed by atoms with Gasteiger partial charge in [-0.3, -0.25) is 0 Å². The Hall–Kier alpha value is -2.26. The van der Waals surface area contributed by atoms with Gasteiger partial charge in [-0.25, -0.2) is 4.98 Å². The first-order chi connectivity index (χ1) is 12.7. The molecule has 134 valence electrons. The first-order valence-corrected chi connectivity index (χ1v) is 9.62. The Bertz CT molecular complexity index is 912. The molecule has 2 heterocycles. The molecule has 0 saturated carbocycles. The maximum absolute atomic E-state index is 6.09. The fourth-order valence-electron chi connectivity index (χ4n) is 3.61. The number of halogens is 1. The van der Waals surface area contributed by atoms with Crippen molar-refractivity contribution in [2.45, 2.75) is 38.8 Å². The highest BCUT2D eigenvalue weighted by Crippen LogP contribution is 2.29. The lowest BCUT2D eigenvalue weighted by atomic mass is 10.0. The van der Waals surface area contributed by atoms with Crippen molar-refractivity contribution in [1.29, 1.82) is 0 Å². The van der Waals surface area contributed by atoms with Gasteiger partial charge in [0.25, 0.3) is 0 Å². The summed E-state index contributed by atoms with van der Waals surface area (Å²) in [4.78, 5) is 7.37. The van der Waals surface area contributed by atoms with Crippen molar-refractivity contribution in [3.8, 4) is 5.75 Å². The number of benzene rings is 2. The molecule has 1 unspecified atom stereocenters. The van der Waals surface area contributed by atoms with Gasteiger partial charge in [-0.1, -0.05) is 35.9 Å². The van der Waals surface area contributed by atoms with Crippen LogP contribution in [-0.2, 0) is 6.61 Å². The van der Waals surface area contributed by atoms with Crippen LogP contribution in [0.2, 0.25) is 5.02 Å². The maximum Gasteiger partial charge on any atom is 0.146 e. The number of para-hydroxylation sites is 1. The van der Waals surface area contributed by atoms with E-state index < -0.39 is 0 Å². The summed E-state index contributed by atoms with van der Waals surface area (Å²) in [6.45, 7) is 3.84. The minimum Gasteiger partial charge on any atom is -0.487 e. The summed E-state index contributed by atoms with van der Waals surface area (Å²) in [5.74, 6) is 1.86. The van der Waals surface area contributed by atoms with E-state index in [1.165, 1.54) is 19.3 Å². The number of pyridine rings is 1. The lowest BCUT2D eigenvalue weighted by Gasteiger charge is -2.34. The first kappa shape index (κ1) is 17.2. The van der Waals surface area contributed by atoms with Crippen molar-refractivity contribution >= 4 is 28.3 Å². The summed E-state index contributed by atoms with van der Waals surface area (Å²) in [7, 11) is 0. The van der Waals surface area contributed by atoms with Gasteiger partial charge < -0.3 is 9.64 Å². The second-order valence-corrected chi connectivity index (χ2v) is 7.39. The summed E-state index contributed by atoms with van der Waals surface area (Å²) in [6.07, 6.45) is 3.77. The number of nitrogens with zero attached hydrogens (tertiary/aromatic N) is 2. The molecular weight excluding hydrogens is 344 g/mol. The monoisotopic (exact) mass is 366 g/mol. The molecule has 26 heavy (non-hydrogen) atoms. The molecular formula is C22H23ClN2O. The van der Waals surface area contributed by atoms with Crippen molar-refractivity contribution in [3.63, 3.8) is 0 Å². The molecule has 0 amide bonds. The predicted octanol–water partition coefficient (Wildman–Crippen LogP) is 5.85. The van der Waals surface area contributed by atoms with Gasteiger partial charge in [-0.05, 0) is 62.1 Å². The molecule has 0 bridgehead atoms. The molecule has 0 aliphatic carbocycles. The topological polar surface area (TPSA) is 25.4 Å². The second-order valence-electron chi connectivity index (χ2n) is 6.95. The number of rotatable bonds is 4. The molecule has 1 aromatic heterocycles. The smallest absolute Gasteiger partial charge is 0.146 e. The minimum absolute atomic E-state index is 0.478. The molecule has 1 fully saturated rings. The first-order valence-electron chi connectivity index (χ1n) is 9.24. The quantitative estimate of drug-likeness (QED) is 0.579. The standard InChI is InChI=1S/C22H23ClN2O/c1-16-6-2-3-13-25(16)21-12-11-18-8-5-10-20(22(18)24-21)26-15-17-7-4-9-19(23)14-17/h4-5,7-12,14,16H,2-3,6,13,15H2,1H3. The van der Waals surface area contributed by atoms with Crippen LogP contribution in [0.5, 0.6) is 5.75 Å². The SMILES string of the molecule is CC1CCCCN1c1ccc2cccc(OCc3cccc(Cl)c3)c2n1. The molecule has 1 atom stereocenters. The van der Waals surface area contributed by atoms with Gasteiger partial charge in [0, 0.05) is 23.0 Å². The van der Waals surface area contributed by atoms with Gasteiger partial charge >= 0.3 is 0 Å². The van der Waals surface area contributed by atoms with E-state index in [9.17, 15) is 0 Å². The van der Waals surface area contributed by atoms with Crippen LogP contribution in [0, 0.1) is 0 Å². The number of anilines is 1. The Balaban J connectivity index is 1.63. The fraction of sp³-hybridized carbons (Fsp3) is 0.318. The number of ether oxygens (including phenoxy) is 1. The zero-order valence-corrected chi connectivity index (χ0v) is 15.7. The van der Waals surface area contributed by atoms with Crippen LogP contribution in [0.25, 0.3) is 10.9 Å². The average Bonchev–Trinajstić information content (AvgIpc) is 2.66. The van der Waals surface area contributed by atoms with E-state index in [0.29, 0.717) is 12.6 Å². The maximum atomic E-state index is 6.09. The Labute approximate surface area is 159 Å². The molecule has 1 aliphatic rings. The highest BCUT2D eigenvalue weighted by atomic mass is 35.5. The zero-order valence-electron chi connectivity index (χ0n) is 15.0. The van der Waals surface area contributed by atoms with E-state index in [1.54, 1.807) is 0 Å². The molecule has 0 spiro atoms. The van der Waals surface area contributed by atoms with Gasteiger partial charge in [-0.2, -0.15) is 0 Å². The Morgan fingerprint density at radius 3 is 2.85 bits per heavy atom. The second kappa shape index (κ2) is 7.55. The summed E-state index contributed by atoms with van der Waals surface area (Å²) >= 11 is 6.07. The average molecular weight is 367 g/mol. The zero-order chi connectivity index (χ0) is 17.9. The van der Waals surface area contributed by atoms with Crippen LogP contribution in [0.4, 0.5) is 5.82 Å². The lowest BCUT2D eigenvalue weighted by Crippen LogP contribution is -2.37. The van der Waals surface area contributed by atoms with Crippen molar-refractivity contribution in [3.05, 3.63) is 65.2 Å². The Morgan fingerprint density at radius 2 is 2.00 bits per heavy atom. The third-order valence-electron chi connectivity index (χ3n) is 5.05. The Morgan fingerprint density at radius 1 is 1.12 bits per heavy atom. The predicted molar refractivity (Wildman–Crippen MR) is 108 cm³/mol. The third kappa shape index (κ3) is 3.63.